The molecule has 74 valence electrons. The minimum atomic E-state index is -0.601. The standard InChI is InChI=1S/C9H17N3O/c1-9(2,3)12-6-7(5-11-12)8(13)4-10/h5-6,8,13H,4,10H2,1-3H3. The Kier molecular flexibility index (Phi) is 2.73. The van der Waals surface area contributed by atoms with E-state index in [9.17, 15) is 5.11 Å². The summed E-state index contributed by atoms with van der Waals surface area (Å²) in [5.41, 5.74) is 6.06. The fraction of sp³-hybridized carbons (Fsp3) is 0.667. The van der Waals surface area contributed by atoms with Gasteiger partial charge < -0.3 is 10.8 Å². The van der Waals surface area contributed by atoms with E-state index in [0.29, 0.717) is 0 Å². The quantitative estimate of drug-likeness (QED) is 0.707. The molecule has 0 saturated carbocycles. The van der Waals surface area contributed by atoms with Gasteiger partial charge in [0.05, 0.1) is 17.8 Å². The first kappa shape index (κ1) is 10.2. The number of aliphatic hydroxyl groups is 1. The lowest BCUT2D eigenvalue weighted by atomic mass is 10.1. The zero-order valence-corrected chi connectivity index (χ0v) is 8.36. The van der Waals surface area contributed by atoms with Crippen LogP contribution in [0, 0.1) is 0 Å². The maximum atomic E-state index is 9.43. The van der Waals surface area contributed by atoms with E-state index in [1.165, 1.54) is 0 Å². The summed E-state index contributed by atoms with van der Waals surface area (Å²) < 4.78 is 1.82. The summed E-state index contributed by atoms with van der Waals surface area (Å²) >= 11 is 0. The smallest absolute Gasteiger partial charge is 0.0942 e. The molecule has 0 aliphatic rings. The van der Waals surface area contributed by atoms with Gasteiger partial charge in [-0.3, -0.25) is 4.68 Å². The van der Waals surface area contributed by atoms with Crippen molar-refractivity contribution in [2.75, 3.05) is 6.54 Å². The summed E-state index contributed by atoms with van der Waals surface area (Å²) in [7, 11) is 0. The highest BCUT2D eigenvalue weighted by Crippen LogP contribution is 2.16. The summed E-state index contributed by atoms with van der Waals surface area (Å²) in [6.45, 7) is 6.39. The molecule has 4 nitrogen and oxygen atoms in total. The average molecular weight is 183 g/mol. The van der Waals surface area contributed by atoms with Crippen molar-refractivity contribution < 1.29 is 5.11 Å². The SMILES string of the molecule is CC(C)(C)n1cc(C(O)CN)cn1. The number of aromatic nitrogens is 2. The molecule has 0 aliphatic carbocycles. The Bertz CT molecular complexity index is 275. The van der Waals surface area contributed by atoms with Gasteiger partial charge in [-0.25, -0.2) is 0 Å². The third-order valence-electron chi connectivity index (χ3n) is 1.90. The molecule has 0 amide bonds. The minimum absolute atomic E-state index is 0.0490. The molecule has 1 rings (SSSR count). The number of rotatable bonds is 2. The van der Waals surface area contributed by atoms with Crippen LogP contribution in [0.2, 0.25) is 0 Å². The number of hydrogen-bond acceptors (Lipinski definition) is 3. The van der Waals surface area contributed by atoms with Gasteiger partial charge in [-0.05, 0) is 20.8 Å². The van der Waals surface area contributed by atoms with Crippen LogP contribution in [0.3, 0.4) is 0 Å². The summed E-state index contributed by atoms with van der Waals surface area (Å²) in [5, 5.41) is 13.6. The van der Waals surface area contributed by atoms with Crippen LogP contribution in [0.25, 0.3) is 0 Å². The fourth-order valence-electron chi connectivity index (χ4n) is 1.01. The predicted molar refractivity (Wildman–Crippen MR) is 51.2 cm³/mol. The van der Waals surface area contributed by atoms with Crippen molar-refractivity contribution in [2.24, 2.45) is 5.73 Å². The van der Waals surface area contributed by atoms with Crippen molar-refractivity contribution in [2.45, 2.75) is 32.4 Å². The average Bonchev–Trinajstić information content (AvgIpc) is 2.50. The largest absolute Gasteiger partial charge is 0.387 e. The number of nitrogens with zero attached hydrogens (tertiary/aromatic N) is 2. The molecule has 0 radical (unpaired) electrons. The Morgan fingerprint density at radius 2 is 2.23 bits per heavy atom. The zero-order chi connectivity index (χ0) is 10.1. The molecule has 1 aromatic heterocycles. The molecular weight excluding hydrogens is 166 g/mol. The van der Waals surface area contributed by atoms with Crippen molar-refractivity contribution in [3.63, 3.8) is 0 Å². The van der Waals surface area contributed by atoms with Gasteiger partial charge in [0.2, 0.25) is 0 Å². The predicted octanol–water partition coefficient (Wildman–Crippen LogP) is 0.630. The van der Waals surface area contributed by atoms with Gasteiger partial charge in [0, 0.05) is 18.3 Å². The monoisotopic (exact) mass is 183 g/mol. The van der Waals surface area contributed by atoms with Gasteiger partial charge >= 0.3 is 0 Å². The van der Waals surface area contributed by atoms with Crippen molar-refractivity contribution in [1.82, 2.24) is 9.78 Å². The molecular formula is C9H17N3O. The second-order valence-electron chi connectivity index (χ2n) is 4.14. The Balaban J connectivity index is 2.87. The fourth-order valence-corrected chi connectivity index (χ4v) is 1.01. The van der Waals surface area contributed by atoms with E-state index in [0.717, 1.165) is 5.56 Å². The van der Waals surface area contributed by atoms with Crippen LogP contribution >= 0.6 is 0 Å². The number of hydrogen-bond donors (Lipinski definition) is 2. The van der Waals surface area contributed by atoms with E-state index in [1.807, 2.05) is 10.9 Å². The van der Waals surface area contributed by atoms with E-state index in [4.69, 9.17) is 5.73 Å². The van der Waals surface area contributed by atoms with E-state index >= 15 is 0 Å². The highest BCUT2D eigenvalue weighted by molar-refractivity contribution is 5.09. The van der Waals surface area contributed by atoms with Gasteiger partial charge in [-0.15, -0.1) is 0 Å². The molecule has 1 aromatic rings. The third-order valence-corrected chi connectivity index (χ3v) is 1.90. The Morgan fingerprint density at radius 3 is 2.62 bits per heavy atom. The van der Waals surface area contributed by atoms with Crippen molar-refractivity contribution in [1.29, 1.82) is 0 Å². The molecule has 3 N–H and O–H groups in total. The second kappa shape index (κ2) is 3.47. The second-order valence-corrected chi connectivity index (χ2v) is 4.14. The van der Waals surface area contributed by atoms with Crippen LogP contribution in [0.15, 0.2) is 12.4 Å². The summed E-state index contributed by atoms with van der Waals surface area (Å²) in [4.78, 5) is 0. The number of aliphatic hydroxyl groups excluding tert-OH is 1. The first-order valence-electron chi connectivity index (χ1n) is 4.38. The Labute approximate surface area is 78.4 Å². The van der Waals surface area contributed by atoms with Crippen LogP contribution in [0.4, 0.5) is 0 Å². The van der Waals surface area contributed by atoms with Gasteiger partial charge in [-0.1, -0.05) is 0 Å². The van der Waals surface area contributed by atoms with E-state index in [1.54, 1.807) is 6.20 Å². The zero-order valence-electron chi connectivity index (χ0n) is 8.36. The van der Waals surface area contributed by atoms with Gasteiger partial charge in [-0.2, -0.15) is 5.10 Å². The maximum Gasteiger partial charge on any atom is 0.0942 e. The van der Waals surface area contributed by atoms with Crippen LogP contribution in [-0.4, -0.2) is 21.4 Å². The maximum absolute atomic E-state index is 9.43. The molecule has 0 bridgehead atoms. The highest BCUT2D eigenvalue weighted by Gasteiger charge is 2.16. The first-order chi connectivity index (χ1) is 5.95. The van der Waals surface area contributed by atoms with Gasteiger partial charge in [0.15, 0.2) is 0 Å². The normalized spacial score (nSPS) is 14.5. The Hall–Kier alpha value is -0.870. The van der Waals surface area contributed by atoms with Crippen LogP contribution in [0.1, 0.15) is 32.4 Å². The lowest BCUT2D eigenvalue weighted by Gasteiger charge is -2.18. The molecule has 1 unspecified atom stereocenters. The van der Waals surface area contributed by atoms with E-state index in [-0.39, 0.29) is 12.1 Å². The molecule has 1 atom stereocenters. The van der Waals surface area contributed by atoms with Crippen LogP contribution in [0.5, 0.6) is 0 Å². The lowest BCUT2D eigenvalue weighted by molar-refractivity contribution is 0.186. The topological polar surface area (TPSA) is 64.1 Å². The van der Waals surface area contributed by atoms with E-state index < -0.39 is 6.10 Å². The van der Waals surface area contributed by atoms with Crippen molar-refractivity contribution in [3.05, 3.63) is 18.0 Å². The van der Waals surface area contributed by atoms with Crippen LogP contribution in [-0.2, 0) is 5.54 Å². The first-order valence-corrected chi connectivity index (χ1v) is 4.38. The highest BCUT2D eigenvalue weighted by atomic mass is 16.3. The molecule has 0 aromatic carbocycles. The molecule has 13 heavy (non-hydrogen) atoms. The molecule has 0 saturated heterocycles. The molecule has 0 aliphatic heterocycles. The molecule has 4 heteroatoms. The number of nitrogens with two attached hydrogens (primary N) is 1. The summed E-state index contributed by atoms with van der Waals surface area (Å²) in [6.07, 6.45) is 2.89. The van der Waals surface area contributed by atoms with Gasteiger partial charge in [0.1, 0.15) is 0 Å². The minimum Gasteiger partial charge on any atom is -0.387 e. The third kappa shape index (κ3) is 2.29. The van der Waals surface area contributed by atoms with Crippen molar-refractivity contribution >= 4 is 0 Å². The summed E-state index contributed by atoms with van der Waals surface area (Å²) in [5.74, 6) is 0. The van der Waals surface area contributed by atoms with E-state index in [2.05, 4.69) is 25.9 Å². The van der Waals surface area contributed by atoms with Crippen LogP contribution < -0.4 is 5.73 Å². The Morgan fingerprint density at radius 1 is 1.62 bits per heavy atom. The molecule has 0 spiro atoms. The van der Waals surface area contributed by atoms with Crippen molar-refractivity contribution in [3.8, 4) is 0 Å². The lowest BCUT2D eigenvalue weighted by Crippen LogP contribution is -2.22. The van der Waals surface area contributed by atoms with Gasteiger partial charge in [0.25, 0.3) is 0 Å². The molecule has 1 heterocycles. The molecule has 0 fully saturated rings. The summed E-state index contributed by atoms with van der Waals surface area (Å²) in [6, 6.07) is 0.